The number of allylic oxidation sites excluding steroid dienone is 1. The van der Waals surface area contributed by atoms with Crippen molar-refractivity contribution in [3.63, 3.8) is 0 Å². The number of nitrogens with one attached hydrogen (secondary N) is 1. The number of hydrogen-bond acceptors (Lipinski definition) is 3. The number of nitrogens with zero attached hydrogens (tertiary/aromatic N) is 1. The van der Waals surface area contributed by atoms with Gasteiger partial charge in [0.2, 0.25) is 0 Å². The van der Waals surface area contributed by atoms with Crippen LogP contribution in [0.3, 0.4) is 0 Å². The van der Waals surface area contributed by atoms with Crippen molar-refractivity contribution in [2.45, 2.75) is 38.6 Å². The number of rotatable bonds is 3. The first-order chi connectivity index (χ1) is 9.20. The molecule has 3 rings (SSSR count). The van der Waals surface area contributed by atoms with Gasteiger partial charge >= 0.3 is 0 Å². The van der Waals surface area contributed by atoms with Gasteiger partial charge in [-0.1, -0.05) is 6.08 Å². The van der Waals surface area contributed by atoms with Crippen LogP contribution in [0, 0.1) is 23.7 Å². The Morgan fingerprint density at radius 2 is 2.32 bits per heavy atom. The lowest BCUT2D eigenvalue weighted by atomic mass is 9.63. The first kappa shape index (κ1) is 13.0. The molecule has 2 aliphatic heterocycles. The quantitative estimate of drug-likeness (QED) is 0.791. The Kier molecular flexibility index (Phi) is 3.57. The molecule has 3 unspecified atom stereocenters. The van der Waals surface area contributed by atoms with Crippen molar-refractivity contribution in [2.24, 2.45) is 28.7 Å². The summed E-state index contributed by atoms with van der Waals surface area (Å²) in [6, 6.07) is -0.0541. The van der Waals surface area contributed by atoms with Crippen LogP contribution < -0.4 is 5.32 Å². The zero-order valence-electron chi connectivity index (χ0n) is 11.8. The summed E-state index contributed by atoms with van der Waals surface area (Å²) in [4.78, 5) is 16.4. The van der Waals surface area contributed by atoms with Gasteiger partial charge in [-0.05, 0) is 63.5 Å². The van der Waals surface area contributed by atoms with Crippen LogP contribution in [0.2, 0.25) is 0 Å². The van der Waals surface area contributed by atoms with Gasteiger partial charge in [0.15, 0.2) is 5.78 Å². The summed E-state index contributed by atoms with van der Waals surface area (Å²) in [6.45, 7) is 7.89. The smallest absolute Gasteiger partial charge is 0.154 e. The van der Waals surface area contributed by atoms with Gasteiger partial charge in [0.1, 0.15) is 6.04 Å². The fourth-order valence-corrected chi connectivity index (χ4v) is 4.40. The standard InChI is InChI=1S/C16H24N2O/c1-3-4-12-13-5-6-15(10(2)19)18-16(13)7-11-8-17-9-14(11)12/h3,11-15,17H,1,4-9H2,2H3/t11-,12?,13?,14-,15?/m1/s1. The van der Waals surface area contributed by atoms with Crippen molar-refractivity contribution in [3.8, 4) is 0 Å². The van der Waals surface area contributed by atoms with Crippen LogP contribution in [0.1, 0.15) is 32.6 Å². The molecule has 1 N–H and O–H groups in total. The Morgan fingerprint density at radius 3 is 3.05 bits per heavy atom. The second-order valence-electron chi connectivity index (χ2n) is 6.41. The molecule has 0 aromatic carbocycles. The molecule has 19 heavy (non-hydrogen) atoms. The highest BCUT2D eigenvalue weighted by Crippen LogP contribution is 2.45. The molecule has 104 valence electrons. The molecule has 3 aliphatic rings. The minimum Gasteiger partial charge on any atom is -0.316 e. The fourth-order valence-electron chi connectivity index (χ4n) is 4.40. The lowest BCUT2D eigenvalue weighted by Crippen LogP contribution is -2.43. The first-order valence-electron chi connectivity index (χ1n) is 7.59. The van der Waals surface area contributed by atoms with Gasteiger partial charge in [-0.3, -0.25) is 9.79 Å². The molecule has 3 heteroatoms. The van der Waals surface area contributed by atoms with E-state index in [0.29, 0.717) is 11.8 Å². The Morgan fingerprint density at radius 1 is 1.47 bits per heavy atom. The van der Waals surface area contributed by atoms with Crippen molar-refractivity contribution in [3.05, 3.63) is 12.7 Å². The van der Waals surface area contributed by atoms with Gasteiger partial charge < -0.3 is 5.32 Å². The van der Waals surface area contributed by atoms with Gasteiger partial charge in [-0.2, -0.15) is 0 Å². The van der Waals surface area contributed by atoms with E-state index in [1.165, 1.54) is 5.71 Å². The van der Waals surface area contributed by atoms with Crippen LogP contribution in [-0.4, -0.2) is 30.6 Å². The van der Waals surface area contributed by atoms with Crippen molar-refractivity contribution in [1.29, 1.82) is 0 Å². The van der Waals surface area contributed by atoms with E-state index in [0.717, 1.165) is 50.6 Å². The van der Waals surface area contributed by atoms with E-state index in [1.54, 1.807) is 6.92 Å². The molecule has 0 radical (unpaired) electrons. The van der Waals surface area contributed by atoms with E-state index in [4.69, 9.17) is 4.99 Å². The van der Waals surface area contributed by atoms with Crippen LogP contribution in [0.4, 0.5) is 0 Å². The second-order valence-corrected chi connectivity index (χ2v) is 6.41. The Balaban J connectivity index is 1.87. The third kappa shape index (κ3) is 2.29. The first-order valence-corrected chi connectivity index (χ1v) is 7.59. The van der Waals surface area contributed by atoms with E-state index in [2.05, 4.69) is 18.0 Å². The molecule has 5 atom stereocenters. The fraction of sp³-hybridized carbons (Fsp3) is 0.750. The molecule has 0 spiro atoms. The second kappa shape index (κ2) is 5.20. The summed E-state index contributed by atoms with van der Waals surface area (Å²) in [5.41, 5.74) is 1.34. The molecule has 0 bridgehead atoms. The minimum atomic E-state index is -0.0541. The molecule has 1 saturated carbocycles. The van der Waals surface area contributed by atoms with E-state index in [9.17, 15) is 4.79 Å². The van der Waals surface area contributed by atoms with E-state index < -0.39 is 0 Å². The SMILES string of the molecule is C=CCC1C2CCC(C(C)=O)N=C2C[C@@H]2CNC[C@@H]12. The summed E-state index contributed by atoms with van der Waals surface area (Å²) >= 11 is 0. The average Bonchev–Trinajstić information content (AvgIpc) is 2.85. The van der Waals surface area contributed by atoms with Crippen LogP contribution in [0.15, 0.2) is 17.6 Å². The molecular weight excluding hydrogens is 236 g/mol. The largest absolute Gasteiger partial charge is 0.316 e. The van der Waals surface area contributed by atoms with E-state index in [-0.39, 0.29) is 11.8 Å². The number of carbonyl (C=O) groups is 1. The summed E-state index contributed by atoms with van der Waals surface area (Å²) in [5.74, 6) is 3.05. The highest BCUT2D eigenvalue weighted by Gasteiger charge is 2.45. The zero-order valence-corrected chi connectivity index (χ0v) is 11.8. The normalized spacial score (nSPS) is 41.1. The minimum absolute atomic E-state index is 0.0541. The van der Waals surface area contributed by atoms with Gasteiger partial charge in [0.25, 0.3) is 0 Å². The van der Waals surface area contributed by atoms with Crippen LogP contribution >= 0.6 is 0 Å². The summed E-state index contributed by atoms with van der Waals surface area (Å²) in [6.07, 6.45) is 6.36. The van der Waals surface area contributed by atoms with Gasteiger partial charge in [0, 0.05) is 11.6 Å². The molecule has 1 saturated heterocycles. The third-order valence-electron chi connectivity index (χ3n) is 5.34. The molecule has 3 nitrogen and oxygen atoms in total. The Labute approximate surface area is 115 Å². The van der Waals surface area contributed by atoms with Crippen LogP contribution in [-0.2, 0) is 4.79 Å². The maximum absolute atomic E-state index is 11.6. The third-order valence-corrected chi connectivity index (χ3v) is 5.34. The molecular formula is C16H24N2O. The Bertz CT molecular complexity index is 415. The molecule has 1 aliphatic carbocycles. The van der Waals surface area contributed by atoms with Gasteiger partial charge in [-0.25, -0.2) is 0 Å². The summed E-state index contributed by atoms with van der Waals surface area (Å²) in [7, 11) is 0. The molecule has 0 aromatic rings. The monoisotopic (exact) mass is 260 g/mol. The average molecular weight is 260 g/mol. The van der Waals surface area contributed by atoms with Crippen LogP contribution in [0.25, 0.3) is 0 Å². The van der Waals surface area contributed by atoms with Crippen molar-refractivity contribution in [2.75, 3.05) is 13.1 Å². The lowest BCUT2D eigenvalue weighted by molar-refractivity contribution is -0.118. The highest BCUT2D eigenvalue weighted by molar-refractivity contribution is 5.93. The van der Waals surface area contributed by atoms with E-state index >= 15 is 0 Å². The zero-order chi connectivity index (χ0) is 13.4. The predicted molar refractivity (Wildman–Crippen MR) is 77.4 cm³/mol. The van der Waals surface area contributed by atoms with Crippen molar-refractivity contribution in [1.82, 2.24) is 5.32 Å². The number of Topliss-reactive ketones (excluding diaryl/α,β-unsaturated/α-hetero) is 1. The van der Waals surface area contributed by atoms with E-state index in [1.807, 2.05) is 0 Å². The molecule has 0 amide bonds. The van der Waals surface area contributed by atoms with Crippen molar-refractivity contribution >= 4 is 11.5 Å². The lowest BCUT2D eigenvalue weighted by Gasteiger charge is -2.43. The number of carbonyl (C=O) groups excluding carboxylic acids is 1. The molecule has 2 fully saturated rings. The maximum atomic E-state index is 11.6. The molecule has 2 heterocycles. The van der Waals surface area contributed by atoms with Gasteiger partial charge in [-0.15, -0.1) is 6.58 Å². The number of fused-ring (bicyclic) bond motifs is 2. The topological polar surface area (TPSA) is 41.5 Å². The maximum Gasteiger partial charge on any atom is 0.154 e. The molecule has 0 aromatic heterocycles. The number of ketones is 1. The predicted octanol–water partition coefficient (Wildman–Crippen LogP) is 2.23. The summed E-state index contributed by atoms with van der Waals surface area (Å²) < 4.78 is 0. The number of aliphatic imine (C=N–C) groups is 1. The van der Waals surface area contributed by atoms with Crippen LogP contribution in [0.5, 0.6) is 0 Å². The van der Waals surface area contributed by atoms with Crippen molar-refractivity contribution < 1.29 is 4.79 Å². The highest BCUT2D eigenvalue weighted by atomic mass is 16.1. The summed E-state index contributed by atoms with van der Waals surface area (Å²) in [5, 5.41) is 3.54. The number of hydrogen-bond donors (Lipinski definition) is 1. The Hall–Kier alpha value is -0.960. The van der Waals surface area contributed by atoms with Gasteiger partial charge in [0.05, 0.1) is 0 Å².